The highest BCUT2D eigenvalue weighted by molar-refractivity contribution is 5.31. The van der Waals surface area contributed by atoms with Gasteiger partial charge in [-0.1, -0.05) is 30.3 Å². The summed E-state index contributed by atoms with van der Waals surface area (Å²) in [4.78, 5) is 0. The van der Waals surface area contributed by atoms with Crippen molar-refractivity contribution in [3.05, 3.63) is 78.6 Å². The van der Waals surface area contributed by atoms with Crippen molar-refractivity contribution >= 4 is 0 Å². The van der Waals surface area contributed by atoms with Crippen molar-refractivity contribution in [2.45, 2.75) is 13.2 Å². The Balaban J connectivity index is 1.45. The first-order chi connectivity index (χ1) is 10.9. The molecule has 3 aromatic rings. The third-order valence-corrected chi connectivity index (χ3v) is 3.22. The van der Waals surface area contributed by atoms with E-state index in [2.05, 4.69) is 5.10 Å². The minimum Gasteiger partial charge on any atom is -0.492 e. The van der Waals surface area contributed by atoms with Gasteiger partial charge in [0.2, 0.25) is 0 Å². The molecular formula is C18H18N2O2. The Morgan fingerprint density at radius 3 is 2.23 bits per heavy atom. The van der Waals surface area contributed by atoms with E-state index in [0.717, 1.165) is 23.6 Å². The van der Waals surface area contributed by atoms with Crippen molar-refractivity contribution in [2.75, 3.05) is 6.61 Å². The average Bonchev–Trinajstić information content (AvgIpc) is 3.08. The molecule has 112 valence electrons. The lowest BCUT2D eigenvalue weighted by molar-refractivity contribution is 0.287. The SMILES string of the molecule is c1ccc(COc2ccc(OCCn3cccn3)cc2)cc1. The normalized spacial score (nSPS) is 10.4. The van der Waals surface area contributed by atoms with Gasteiger partial charge in [-0.05, 0) is 35.9 Å². The fourth-order valence-electron chi connectivity index (χ4n) is 2.06. The lowest BCUT2D eigenvalue weighted by Gasteiger charge is -2.09. The second-order valence-corrected chi connectivity index (χ2v) is 4.86. The smallest absolute Gasteiger partial charge is 0.120 e. The Morgan fingerprint density at radius 1 is 0.818 bits per heavy atom. The fraction of sp³-hybridized carbons (Fsp3) is 0.167. The van der Waals surface area contributed by atoms with Gasteiger partial charge < -0.3 is 9.47 Å². The molecular weight excluding hydrogens is 276 g/mol. The van der Waals surface area contributed by atoms with Crippen LogP contribution in [0.2, 0.25) is 0 Å². The van der Waals surface area contributed by atoms with Crippen LogP contribution in [0.25, 0.3) is 0 Å². The summed E-state index contributed by atoms with van der Waals surface area (Å²) in [5.41, 5.74) is 1.15. The van der Waals surface area contributed by atoms with Crippen LogP contribution in [0.5, 0.6) is 11.5 Å². The van der Waals surface area contributed by atoms with Crippen molar-refractivity contribution in [1.29, 1.82) is 0 Å². The first-order valence-corrected chi connectivity index (χ1v) is 7.27. The number of nitrogens with zero attached hydrogens (tertiary/aromatic N) is 2. The third kappa shape index (κ3) is 4.12. The Kier molecular flexibility index (Phi) is 4.72. The number of ether oxygens (including phenoxy) is 2. The van der Waals surface area contributed by atoms with Gasteiger partial charge in [0.15, 0.2) is 0 Å². The van der Waals surface area contributed by atoms with Crippen molar-refractivity contribution in [2.24, 2.45) is 0 Å². The van der Waals surface area contributed by atoms with Gasteiger partial charge >= 0.3 is 0 Å². The summed E-state index contributed by atoms with van der Waals surface area (Å²) in [5.74, 6) is 1.67. The summed E-state index contributed by atoms with van der Waals surface area (Å²) in [6, 6.07) is 19.7. The van der Waals surface area contributed by atoms with E-state index >= 15 is 0 Å². The molecule has 0 radical (unpaired) electrons. The van der Waals surface area contributed by atoms with Gasteiger partial charge in [0.05, 0.1) is 6.54 Å². The minimum atomic E-state index is 0.570. The Hall–Kier alpha value is -2.75. The maximum atomic E-state index is 5.74. The first kappa shape index (κ1) is 14.2. The highest BCUT2D eigenvalue weighted by Gasteiger charge is 1.98. The van der Waals surface area contributed by atoms with Gasteiger partial charge in [0.1, 0.15) is 24.7 Å². The number of rotatable bonds is 7. The molecule has 1 heterocycles. The molecule has 4 nitrogen and oxygen atoms in total. The van der Waals surface area contributed by atoms with Crippen molar-refractivity contribution < 1.29 is 9.47 Å². The van der Waals surface area contributed by atoms with Crippen LogP contribution in [0.4, 0.5) is 0 Å². The van der Waals surface area contributed by atoms with E-state index in [1.807, 2.05) is 71.5 Å². The van der Waals surface area contributed by atoms with E-state index in [0.29, 0.717) is 13.2 Å². The molecule has 0 atom stereocenters. The van der Waals surface area contributed by atoms with E-state index in [4.69, 9.17) is 9.47 Å². The van der Waals surface area contributed by atoms with Crippen LogP contribution in [0.15, 0.2) is 73.1 Å². The Labute approximate surface area is 129 Å². The zero-order valence-corrected chi connectivity index (χ0v) is 12.3. The van der Waals surface area contributed by atoms with Crippen LogP contribution in [0.3, 0.4) is 0 Å². The van der Waals surface area contributed by atoms with Crippen LogP contribution in [0.1, 0.15) is 5.56 Å². The lowest BCUT2D eigenvalue weighted by atomic mass is 10.2. The number of aromatic nitrogens is 2. The monoisotopic (exact) mass is 294 g/mol. The highest BCUT2D eigenvalue weighted by atomic mass is 16.5. The van der Waals surface area contributed by atoms with E-state index in [-0.39, 0.29) is 0 Å². The molecule has 0 aliphatic carbocycles. The molecule has 0 fully saturated rings. The van der Waals surface area contributed by atoms with Crippen molar-refractivity contribution in [3.8, 4) is 11.5 Å². The first-order valence-electron chi connectivity index (χ1n) is 7.27. The van der Waals surface area contributed by atoms with Gasteiger partial charge in [-0.25, -0.2) is 0 Å². The van der Waals surface area contributed by atoms with Crippen molar-refractivity contribution in [3.63, 3.8) is 0 Å². The fourth-order valence-corrected chi connectivity index (χ4v) is 2.06. The molecule has 22 heavy (non-hydrogen) atoms. The molecule has 3 rings (SSSR count). The molecule has 0 unspecified atom stereocenters. The standard InChI is InChI=1S/C18H18N2O2/c1-2-5-16(6-3-1)15-22-18-9-7-17(8-10-18)21-14-13-20-12-4-11-19-20/h1-12H,13-15H2. The molecule has 2 aromatic carbocycles. The molecule has 4 heteroatoms. The largest absolute Gasteiger partial charge is 0.492 e. The van der Waals surface area contributed by atoms with Crippen LogP contribution in [0, 0.1) is 0 Å². The van der Waals surface area contributed by atoms with E-state index in [1.54, 1.807) is 6.20 Å². The summed E-state index contributed by atoms with van der Waals surface area (Å²) in [7, 11) is 0. The molecule has 0 saturated carbocycles. The summed E-state index contributed by atoms with van der Waals surface area (Å²) in [5, 5.41) is 4.13. The maximum Gasteiger partial charge on any atom is 0.120 e. The number of benzene rings is 2. The summed E-state index contributed by atoms with van der Waals surface area (Å²) < 4.78 is 13.3. The second kappa shape index (κ2) is 7.31. The van der Waals surface area contributed by atoms with Gasteiger partial charge in [0.25, 0.3) is 0 Å². The molecule has 1 aromatic heterocycles. The molecule has 0 bridgehead atoms. The zero-order chi connectivity index (χ0) is 15.0. The second-order valence-electron chi connectivity index (χ2n) is 4.86. The number of hydrogen-bond acceptors (Lipinski definition) is 3. The van der Waals surface area contributed by atoms with E-state index < -0.39 is 0 Å². The van der Waals surface area contributed by atoms with Gasteiger partial charge in [0, 0.05) is 12.4 Å². The minimum absolute atomic E-state index is 0.570. The molecule has 0 aliphatic rings. The Morgan fingerprint density at radius 2 is 1.55 bits per heavy atom. The van der Waals surface area contributed by atoms with Gasteiger partial charge in [-0.3, -0.25) is 4.68 Å². The topological polar surface area (TPSA) is 36.3 Å². The van der Waals surface area contributed by atoms with Gasteiger partial charge in [-0.15, -0.1) is 0 Å². The molecule has 0 spiro atoms. The van der Waals surface area contributed by atoms with Crippen LogP contribution in [-0.4, -0.2) is 16.4 Å². The van der Waals surface area contributed by atoms with Crippen LogP contribution in [-0.2, 0) is 13.2 Å². The lowest BCUT2D eigenvalue weighted by Crippen LogP contribution is -2.08. The zero-order valence-electron chi connectivity index (χ0n) is 12.3. The molecule has 0 saturated heterocycles. The molecule has 0 N–H and O–H groups in total. The predicted octanol–water partition coefficient (Wildman–Crippen LogP) is 3.54. The third-order valence-electron chi connectivity index (χ3n) is 3.22. The van der Waals surface area contributed by atoms with Gasteiger partial charge in [-0.2, -0.15) is 5.10 Å². The number of hydrogen-bond donors (Lipinski definition) is 0. The quantitative estimate of drug-likeness (QED) is 0.668. The van der Waals surface area contributed by atoms with Crippen LogP contribution >= 0.6 is 0 Å². The van der Waals surface area contributed by atoms with E-state index in [9.17, 15) is 0 Å². The highest BCUT2D eigenvalue weighted by Crippen LogP contribution is 2.18. The Bertz CT molecular complexity index is 664. The summed E-state index contributed by atoms with van der Waals surface area (Å²) in [6.45, 7) is 1.89. The summed E-state index contributed by atoms with van der Waals surface area (Å²) in [6.07, 6.45) is 3.68. The summed E-state index contributed by atoms with van der Waals surface area (Å²) >= 11 is 0. The average molecular weight is 294 g/mol. The molecule has 0 amide bonds. The maximum absolute atomic E-state index is 5.74. The van der Waals surface area contributed by atoms with Crippen molar-refractivity contribution in [1.82, 2.24) is 9.78 Å². The predicted molar refractivity (Wildman–Crippen MR) is 84.9 cm³/mol. The van der Waals surface area contributed by atoms with E-state index in [1.165, 1.54) is 0 Å². The van der Waals surface area contributed by atoms with Crippen LogP contribution < -0.4 is 9.47 Å². The molecule has 0 aliphatic heterocycles.